The van der Waals surface area contributed by atoms with Crippen LogP contribution in [0.3, 0.4) is 0 Å². The third-order valence-electron chi connectivity index (χ3n) is 6.18. The van der Waals surface area contributed by atoms with E-state index in [1.165, 1.54) is 7.11 Å². The summed E-state index contributed by atoms with van der Waals surface area (Å²) >= 11 is 0. The highest BCUT2D eigenvalue weighted by atomic mass is 16.5. The lowest BCUT2D eigenvalue weighted by atomic mass is 9.98. The van der Waals surface area contributed by atoms with E-state index < -0.39 is 36.2 Å². The Hall–Kier alpha value is -3.43. The number of carbonyl (C=O) groups is 3. The minimum Gasteiger partial charge on any atom is -0.480 e. The first-order valence-corrected chi connectivity index (χ1v) is 10.7. The van der Waals surface area contributed by atoms with Crippen LogP contribution in [0.15, 0.2) is 48.5 Å². The molecule has 1 saturated heterocycles. The van der Waals surface area contributed by atoms with Crippen LogP contribution in [0.5, 0.6) is 0 Å². The van der Waals surface area contributed by atoms with Gasteiger partial charge in [-0.3, -0.25) is 4.79 Å². The molecule has 2 aromatic carbocycles. The van der Waals surface area contributed by atoms with Gasteiger partial charge in [-0.2, -0.15) is 0 Å². The van der Waals surface area contributed by atoms with Crippen LogP contribution in [0.2, 0.25) is 0 Å². The number of alkyl carbamates (subject to hydrolysis) is 1. The molecule has 1 fully saturated rings. The lowest BCUT2D eigenvalue weighted by molar-refractivity contribution is -0.152. The number of methoxy groups -OCH3 is 1. The number of aliphatic hydroxyl groups is 1. The number of likely N-dealkylation sites (tertiary alicyclic amines) is 1. The van der Waals surface area contributed by atoms with E-state index in [4.69, 9.17) is 9.47 Å². The van der Waals surface area contributed by atoms with E-state index in [1.807, 2.05) is 48.5 Å². The summed E-state index contributed by atoms with van der Waals surface area (Å²) in [7, 11) is 1.30. The van der Waals surface area contributed by atoms with E-state index in [0.717, 1.165) is 27.2 Å². The van der Waals surface area contributed by atoms with E-state index in [2.05, 4.69) is 5.32 Å². The van der Waals surface area contributed by atoms with Gasteiger partial charge in [-0.1, -0.05) is 48.5 Å². The molecule has 3 atom stereocenters. The average Bonchev–Trinajstić information content (AvgIpc) is 3.36. The molecule has 1 unspecified atom stereocenters. The smallest absolute Gasteiger partial charge is 0.407 e. The first-order valence-electron chi connectivity index (χ1n) is 10.7. The number of aliphatic carboxylic acids is 1. The van der Waals surface area contributed by atoms with Crippen LogP contribution in [0.25, 0.3) is 11.1 Å². The van der Waals surface area contributed by atoms with Gasteiger partial charge < -0.3 is 29.9 Å². The standard InChI is InChI=1S/C24H26N2O7/c1-32-21(22(28)26-12-14(27)10-20(26)23(29)30)11-25-24(31)33-13-19-17-8-4-2-6-15(17)16-7-3-5-9-18(16)19/h2-9,14,19-21,27H,10-13H2,1H3,(H,25,31)(H,29,30)/t14-,20+,21?/m1/s1. The van der Waals surface area contributed by atoms with Gasteiger partial charge in [-0.15, -0.1) is 0 Å². The summed E-state index contributed by atoms with van der Waals surface area (Å²) in [5.74, 6) is -1.90. The number of rotatable bonds is 7. The van der Waals surface area contributed by atoms with Crippen LogP contribution in [-0.4, -0.2) is 78.1 Å². The van der Waals surface area contributed by atoms with E-state index in [1.54, 1.807) is 0 Å². The number of carboxylic acids is 1. The van der Waals surface area contributed by atoms with Crippen LogP contribution in [0.4, 0.5) is 4.79 Å². The summed E-state index contributed by atoms with van der Waals surface area (Å²) in [6, 6.07) is 14.8. The van der Waals surface area contributed by atoms with Crippen LogP contribution < -0.4 is 5.32 Å². The third-order valence-corrected chi connectivity index (χ3v) is 6.18. The van der Waals surface area contributed by atoms with Gasteiger partial charge in [0, 0.05) is 26.0 Å². The molecule has 9 nitrogen and oxygen atoms in total. The zero-order chi connectivity index (χ0) is 23.5. The summed E-state index contributed by atoms with van der Waals surface area (Å²) in [5.41, 5.74) is 4.41. The van der Waals surface area contributed by atoms with E-state index in [-0.39, 0.29) is 32.0 Å². The number of amides is 2. The Kier molecular flexibility index (Phi) is 6.62. The Morgan fingerprint density at radius 3 is 2.27 bits per heavy atom. The van der Waals surface area contributed by atoms with Crippen molar-refractivity contribution in [2.75, 3.05) is 26.8 Å². The van der Waals surface area contributed by atoms with E-state index >= 15 is 0 Å². The molecule has 2 aliphatic rings. The van der Waals surface area contributed by atoms with E-state index in [0.29, 0.717) is 0 Å². The molecule has 1 heterocycles. The van der Waals surface area contributed by atoms with Crippen molar-refractivity contribution >= 4 is 18.0 Å². The zero-order valence-corrected chi connectivity index (χ0v) is 18.1. The number of carbonyl (C=O) groups excluding carboxylic acids is 2. The molecule has 174 valence electrons. The average molecular weight is 454 g/mol. The SMILES string of the molecule is COC(CNC(=O)OCC1c2ccccc2-c2ccccc21)C(=O)N1C[C@H](O)C[C@H]1C(=O)O. The molecule has 1 aliphatic heterocycles. The number of benzene rings is 2. The summed E-state index contributed by atoms with van der Waals surface area (Å²) in [6.45, 7) is -0.156. The minimum atomic E-state index is -1.20. The van der Waals surface area contributed by atoms with Crippen molar-refractivity contribution in [2.45, 2.75) is 30.6 Å². The van der Waals surface area contributed by atoms with Crippen molar-refractivity contribution in [3.63, 3.8) is 0 Å². The molecule has 0 spiro atoms. The van der Waals surface area contributed by atoms with Gasteiger partial charge in [0.1, 0.15) is 12.6 Å². The monoisotopic (exact) mass is 454 g/mol. The maximum atomic E-state index is 12.7. The summed E-state index contributed by atoms with van der Waals surface area (Å²) in [6.07, 6.45) is -2.76. The number of hydrogen-bond donors (Lipinski definition) is 3. The summed E-state index contributed by atoms with van der Waals surface area (Å²) < 4.78 is 10.6. The number of β-amino-alcohol motifs (C(OH)–C–C–N with tert-alkyl or cyclic N) is 1. The molecular weight excluding hydrogens is 428 g/mol. The lowest BCUT2D eigenvalue weighted by Crippen LogP contribution is -2.49. The van der Waals surface area contributed by atoms with Gasteiger partial charge in [-0.05, 0) is 22.3 Å². The number of aliphatic hydroxyl groups excluding tert-OH is 1. The van der Waals surface area contributed by atoms with Gasteiger partial charge in [0.15, 0.2) is 6.10 Å². The van der Waals surface area contributed by atoms with Gasteiger partial charge in [0.25, 0.3) is 5.91 Å². The summed E-state index contributed by atoms with van der Waals surface area (Å²) in [4.78, 5) is 37.5. The second-order valence-electron chi connectivity index (χ2n) is 8.16. The van der Waals surface area contributed by atoms with Crippen molar-refractivity contribution in [3.05, 3.63) is 59.7 Å². The Balaban J connectivity index is 1.35. The van der Waals surface area contributed by atoms with Crippen molar-refractivity contribution in [1.29, 1.82) is 0 Å². The highest BCUT2D eigenvalue weighted by Crippen LogP contribution is 2.44. The number of hydrogen-bond acceptors (Lipinski definition) is 6. The van der Waals surface area contributed by atoms with E-state index in [9.17, 15) is 24.6 Å². The maximum absolute atomic E-state index is 12.7. The van der Waals surface area contributed by atoms with Crippen molar-refractivity contribution < 1.29 is 34.1 Å². The first kappa shape index (κ1) is 22.8. The van der Waals surface area contributed by atoms with Crippen LogP contribution >= 0.6 is 0 Å². The van der Waals surface area contributed by atoms with Crippen molar-refractivity contribution in [2.24, 2.45) is 0 Å². The second kappa shape index (κ2) is 9.60. The summed E-state index contributed by atoms with van der Waals surface area (Å²) in [5, 5.41) is 21.6. The van der Waals surface area contributed by atoms with Crippen LogP contribution in [0, 0.1) is 0 Å². The molecule has 9 heteroatoms. The fraction of sp³-hybridized carbons (Fsp3) is 0.375. The molecule has 2 aromatic rings. The fourth-order valence-electron chi connectivity index (χ4n) is 4.57. The highest BCUT2D eigenvalue weighted by molar-refractivity contribution is 5.87. The Morgan fingerprint density at radius 1 is 1.09 bits per heavy atom. The third kappa shape index (κ3) is 4.55. The molecule has 0 radical (unpaired) electrons. The lowest BCUT2D eigenvalue weighted by Gasteiger charge is -2.26. The Labute approximate surface area is 190 Å². The maximum Gasteiger partial charge on any atom is 0.407 e. The predicted molar refractivity (Wildman–Crippen MR) is 118 cm³/mol. The largest absolute Gasteiger partial charge is 0.480 e. The number of fused-ring (bicyclic) bond motifs is 3. The molecular formula is C24H26N2O7. The molecule has 0 saturated carbocycles. The predicted octanol–water partition coefficient (Wildman–Crippen LogP) is 1.59. The molecule has 4 rings (SSSR count). The fourth-order valence-corrected chi connectivity index (χ4v) is 4.57. The first-order chi connectivity index (χ1) is 15.9. The number of nitrogens with zero attached hydrogens (tertiary/aromatic N) is 1. The number of carboxylic acid groups (broad SMARTS) is 1. The van der Waals surface area contributed by atoms with Crippen LogP contribution in [-0.2, 0) is 19.1 Å². The molecule has 33 heavy (non-hydrogen) atoms. The molecule has 3 N–H and O–H groups in total. The molecule has 0 aromatic heterocycles. The number of ether oxygens (including phenoxy) is 2. The van der Waals surface area contributed by atoms with Crippen LogP contribution in [0.1, 0.15) is 23.5 Å². The second-order valence-corrected chi connectivity index (χ2v) is 8.16. The normalized spacial score (nSPS) is 20.1. The van der Waals surface area contributed by atoms with Crippen molar-refractivity contribution in [3.8, 4) is 11.1 Å². The van der Waals surface area contributed by atoms with Gasteiger partial charge >= 0.3 is 12.1 Å². The Bertz CT molecular complexity index is 1010. The topological polar surface area (TPSA) is 125 Å². The molecule has 2 amide bonds. The quantitative estimate of drug-likeness (QED) is 0.580. The Morgan fingerprint density at radius 2 is 1.70 bits per heavy atom. The van der Waals surface area contributed by atoms with Gasteiger partial charge in [0.2, 0.25) is 0 Å². The van der Waals surface area contributed by atoms with Gasteiger partial charge in [0.05, 0.1) is 12.6 Å². The molecule has 0 bridgehead atoms. The zero-order valence-electron chi connectivity index (χ0n) is 18.1. The van der Waals surface area contributed by atoms with Gasteiger partial charge in [-0.25, -0.2) is 9.59 Å². The number of nitrogens with one attached hydrogen (secondary N) is 1. The highest BCUT2D eigenvalue weighted by Gasteiger charge is 2.41. The van der Waals surface area contributed by atoms with Crippen molar-refractivity contribution in [1.82, 2.24) is 10.2 Å². The molecule has 1 aliphatic carbocycles. The minimum absolute atomic E-state index is 0.0443.